The third-order valence-corrected chi connectivity index (χ3v) is 7.29. The van der Waals surface area contributed by atoms with Gasteiger partial charge in [-0.25, -0.2) is 13.2 Å². The number of ether oxygens (including phenoxy) is 1. The lowest BCUT2D eigenvalue weighted by Crippen LogP contribution is -2.43. The molecular weight excluding hydrogens is 404 g/mol. The standard InChI is InChI=1S/C22H26N2O5S/c1-15-9-11-18(12-10-15)30(27,28)24-13-5-6-17(14-24)21(25)23-20-8-4-7-19(16(20)2)22(26)29-3/h4,7-12,17H,5-6,13-14H2,1-3H3,(H,23,25)/t17-/m1/s1. The number of amides is 1. The van der Waals surface area contributed by atoms with Crippen LogP contribution in [0.5, 0.6) is 0 Å². The van der Waals surface area contributed by atoms with Crippen LogP contribution in [0.1, 0.15) is 34.3 Å². The number of aryl methyl sites for hydroxylation is 1. The summed E-state index contributed by atoms with van der Waals surface area (Å²) in [7, 11) is -2.35. The van der Waals surface area contributed by atoms with Crippen LogP contribution in [0.4, 0.5) is 5.69 Å². The highest BCUT2D eigenvalue weighted by molar-refractivity contribution is 7.89. The molecule has 0 bridgehead atoms. The van der Waals surface area contributed by atoms with Gasteiger partial charge in [0.25, 0.3) is 0 Å². The van der Waals surface area contributed by atoms with Crippen LogP contribution in [0.3, 0.4) is 0 Å². The Bertz CT molecular complexity index is 1050. The minimum atomic E-state index is -3.66. The molecule has 160 valence electrons. The average molecular weight is 431 g/mol. The van der Waals surface area contributed by atoms with Crippen molar-refractivity contribution in [1.29, 1.82) is 0 Å². The predicted octanol–water partition coefficient (Wildman–Crippen LogP) is 3.13. The van der Waals surface area contributed by atoms with Crippen LogP contribution in [0.2, 0.25) is 0 Å². The maximum Gasteiger partial charge on any atom is 0.338 e. The third kappa shape index (κ3) is 4.55. The van der Waals surface area contributed by atoms with Crippen molar-refractivity contribution in [2.24, 2.45) is 5.92 Å². The molecule has 1 N–H and O–H groups in total. The van der Waals surface area contributed by atoms with Crippen molar-refractivity contribution in [1.82, 2.24) is 4.31 Å². The maximum atomic E-state index is 13.0. The second kappa shape index (κ2) is 8.97. The molecule has 30 heavy (non-hydrogen) atoms. The van der Waals surface area contributed by atoms with Crippen LogP contribution in [-0.2, 0) is 19.6 Å². The summed E-state index contributed by atoms with van der Waals surface area (Å²) in [6, 6.07) is 11.7. The molecule has 1 heterocycles. The van der Waals surface area contributed by atoms with Gasteiger partial charge < -0.3 is 10.1 Å². The van der Waals surface area contributed by atoms with Crippen molar-refractivity contribution in [2.45, 2.75) is 31.6 Å². The number of hydrogen-bond donors (Lipinski definition) is 1. The second-order valence-electron chi connectivity index (χ2n) is 7.47. The quantitative estimate of drug-likeness (QED) is 0.736. The number of piperidine rings is 1. The van der Waals surface area contributed by atoms with Crippen LogP contribution in [0, 0.1) is 19.8 Å². The summed E-state index contributed by atoms with van der Waals surface area (Å²) in [6.07, 6.45) is 1.20. The molecule has 1 amide bonds. The van der Waals surface area contributed by atoms with Crippen molar-refractivity contribution in [3.05, 3.63) is 59.2 Å². The van der Waals surface area contributed by atoms with Gasteiger partial charge in [-0.15, -0.1) is 0 Å². The summed E-state index contributed by atoms with van der Waals surface area (Å²) in [6.45, 7) is 4.14. The van der Waals surface area contributed by atoms with Crippen LogP contribution >= 0.6 is 0 Å². The summed E-state index contributed by atoms with van der Waals surface area (Å²) in [5, 5.41) is 2.85. The average Bonchev–Trinajstić information content (AvgIpc) is 2.75. The fraction of sp³-hybridized carbons (Fsp3) is 0.364. The molecule has 0 unspecified atom stereocenters. The first-order valence-corrected chi connectivity index (χ1v) is 11.2. The molecule has 1 saturated heterocycles. The van der Waals surface area contributed by atoms with E-state index in [0.29, 0.717) is 36.2 Å². The Balaban J connectivity index is 1.75. The minimum Gasteiger partial charge on any atom is -0.465 e. The smallest absolute Gasteiger partial charge is 0.338 e. The van der Waals surface area contributed by atoms with Crippen molar-refractivity contribution >= 4 is 27.6 Å². The van der Waals surface area contributed by atoms with E-state index in [0.717, 1.165) is 5.56 Å². The Hall–Kier alpha value is -2.71. The molecule has 7 nitrogen and oxygen atoms in total. The molecule has 0 aromatic heterocycles. The van der Waals surface area contributed by atoms with E-state index in [4.69, 9.17) is 4.74 Å². The highest BCUT2D eigenvalue weighted by atomic mass is 32.2. The van der Waals surface area contributed by atoms with Crippen molar-refractivity contribution in [2.75, 3.05) is 25.5 Å². The predicted molar refractivity (Wildman–Crippen MR) is 114 cm³/mol. The van der Waals surface area contributed by atoms with E-state index >= 15 is 0 Å². The van der Waals surface area contributed by atoms with Gasteiger partial charge in [-0.2, -0.15) is 4.31 Å². The number of nitrogens with one attached hydrogen (secondary N) is 1. The molecule has 1 aliphatic heterocycles. The maximum absolute atomic E-state index is 13.0. The molecule has 0 aliphatic carbocycles. The van der Waals surface area contributed by atoms with Crippen LogP contribution in [-0.4, -0.2) is 44.8 Å². The summed E-state index contributed by atoms with van der Waals surface area (Å²) < 4.78 is 32.1. The highest BCUT2D eigenvalue weighted by Gasteiger charge is 2.33. The monoisotopic (exact) mass is 430 g/mol. The van der Waals surface area contributed by atoms with E-state index in [1.807, 2.05) is 6.92 Å². The Kier molecular flexibility index (Phi) is 6.58. The zero-order chi connectivity index (χ0) is 21.9. The fourth-order valence-corrected chi connectivity index (χ4v) is 5.09. The van der Waals surface area contributed by atoms with Crippen molar-refractivity contribution in [3.63, 3.8) is 0 Å². The zero-order valence-corrected chi connectivity index (χ0v) is 18.2. The van der Waals surface area contributed by atoms with Gasteiger partial charge in [-0.05, 0) is 56.5 Å². The third-order valence-electron chi connectivity index (χ3n) is 5.41. The van der Waals surface area contributed by atoms with Gasteiger partial charge in [0.15, 0.2) is 0 Å². The summed E-state index contributed by atoms with van der Waals surface area (Å²) in [5.74, 6) is -1.21. The number of carbonyl (C=O) groups is 2. The first kappa shape index (κ1) is 22.0. The molecule has 1 fully saturated rings. The summed E-state index contributed by atoms with van der Waals surface area (Å²) in [4.78, 5) is 25.0. The lowest BCUT2D eigenvalue weighted by molar-refractivity contribution is -0.120. The molecule has 0 saturated carbocycles. The Morgan fingerprint density at radius 2 is 1.80 bits per heavy atom. The number of esters is 1. The lowest BCUT2D eigenvalue weighted by atomic mass is 9.98. The second-order valence-corrected chi connectivity index (χ2v) is 9.41. The highest BCUT2D eigenvalue weighted by Crippen LogP contribution is 2.26. The number of rotatable bonds is 5. The van der Waals surface area contributed by atoms with E-state index in [9.17, 15) is 18.0 Å². The van der Waals surface area contributed by atoms with Gasteiger partial charge in [0.2, 0.25) is 15.9 Å². The van der Waals surface area contributed by atoms with Gasteiger partial charge in [-0.1, -0.05) is 23.8 Å². The minimum absolute atomic E-state index is 0.123. The topological polar surface area (TPSA) is 92.8 Å². The van der Waals surface area contributed by atoms with Crippen molar-refractivity contribution in [3.8, 4) is 0 Å². The van der Waals surface area contributed by atoms with Crippen LogP contribution in [0.15, 0.2) is 47.4 Å². The molecule has 0 radical (unpaired) electrons. The number of sulfonamides is 1. The molecule has 2 aromatic rings. The van der Waals surface area contributed by atoms with Gasteiger partial charge >= 0.3 is 5.97 Å². The number of hydrogen-bond acceptors (Lipinski definition) is 5. The fourth-order valence-electron chi connectivity index (χ4n) is 3.57. The molecule has 1 aliphatic rings. The number of methoxy groups -OCH3 is 1. The lowest BCUT2D eigenvalue weighted by Gasteiger charge is -2.31. The van der Waals surface area contributed by atoms with E-state index < -0.39 is 21.9 Å². The van der Waals surface area contributed by atoms with E-state index in [2.05, 4.69) is 5.32 Å². The van der Waals surface area contributed by atoms with Crippen LogP contribution in [0.25, 0.3) is 0 Å². The first-order valence-electron chi connectivity index (χ1n) is 9.79. The number of anilines is 1. The van der Waals surface area contributed by atoms with E-state index in [-0.39, 0.29) is 17.3 Å². The SMILES string of the molecule is COC(=O)c1cccc(NC(=O)[C@@H]2CCCN(S(=O)(=O)c3ccc(C)cc3)C2)c1C. The van der Waals surface area contributed by atoms with Crippen LogP contribution < -0.4 is 5.32 Å². The Labute approximate surface area is 177 Å². The Morgan fingerprint density at radius 1 is 1.10 bits per heavy atom. The normalized spacial score (nSPS) is 17.4. The molecule has 1 atom stereocenters. The molecule has 2 aromatic carbocycles. The van der Waals surface area contributed by atoms with Gasteiger partial charge in [0, 0.05) is 18.8 Å². The largest absolute Gasteiger partial charge is 0.465 e. The zero-order valence-electron chi connectivity index (χ0n) is 17.3. The van der Waals surface area contributed by atoms with Gasteiger partial charge in [0.05, 0.1) is 23.5 Å². The molecule has 8 heteroatoms. The van der Waals surface area contributed by atoms with Crippen molar-refractivity contribution < 1.29 is 22.7 Å². The van der Waals surface area contributed by atoms with E-state index in [1.54, 1.807) is 49.4 Å². The molecule has 3 rings (SSSR count). The molecular formula is C22H26N2O5S. The number of nitrogens with zero attached hydrogens (tertiary/aromatic N) is 1. The first-order chi connectivity index (χ1) is 14.2. The summed E-state index contributed by atoms with van der Waals surface area (Å²) >= 11 is 0. The summed E-state index contributed by atoms with van der Waals surface area (Å²) in [5.41, 5.74) is 2.48. The van der Waals surface area contributed by atoms with Gasteiger partial charge in [0.1, 0.15) is 0 Å². The molecule has 0 spiro atoms. The van der Waals surface area contributed by atoms with Gasteiger partial charge in [-0.3, -0.25) is 4.79 Å². The number of benzene rings is 2. The Morgan fingerprint density at radius 3 is 2.47 bits per heavy atom. The van der Waals surface area contributed by atoms with E-state index in [1.165, 1.54) is 11.4 Å². The number of carbonyl (C=O) groups excluding carboxylic acids is 2.